The normalized spacial score (nSPS) is 23.5. The molecule has 0 saturated carbocycles. The molecule has 2 aromatic carbocycles. The fourth-order valence-electron chi connectivity index (χ4n) is 4.15. The van der Waals surface area contributed by atoms with Gasteiger partial charge < -0.3 is 9.94 Å². The monoisotopic (exact) mass is 293 g/mol. The molecule has 0 amide bonds. The Labute approximate surface area is 130 Å². The third-order valence-electron chi connectivity index (χ3n) is 5.29. The third-order valence-corrected chi connectivity index (χ3v) is 5.29. The maximum Gasteiger partial charge on any atom is 0.0933 e. The summed E-state index contributed by atoms with van der Waals surface area (Å²) in [4.78, 5) is 0. The molecule has 0 fully saturated rings. The highest BCUT2D eigenvalue weighted by molar-refractivity contribution is 6.06. The number of hydrogen-bond acceptors (Lipinski definition) is 3. The van der Waals surface area contributed by atoms with Gasteiger partial charge in [0.1, 0.15) is 0 Å². The number of nitrogens with zero attached hydrogens (tertiary/aromatic N) is 1. The molecular formula is C19H19NO2. The average Bonchev–Trinajstić information content (AvgIpc) is 3.13. The highest BCUT2D eigenvalue weighted by Gasteiger charge is 2.49. The number of fused-ring (bicyclic) bond motifs is 2. The summed E-state index contributed by atoms with van der Waals surface area (Å²) >= 11 is 0. The van der Waals surface area contributed by atoms with Crippen LogP contribution in [0.2, 0.25) is 0 Å². The number of methoxy groups -OCH3 is 1. The summed E-state index contributed by atoms with van der Waals surface area (Å²) in [6, 6.07) is 16.7. The van der Waals surface area contributed by atoms with E-state index in [0.29, 0.717) is 0 Å². The van der Waals surface area contributed by atoms with Gasteiger partial charge in [-0.15, -0.1) is 0 Å². The number of oxime groups is 1. The van der Waals surface area contributed by atoms with Crippen LogP contribution in [0, 0.1) is 5.92 Å². The number of rotatable bonds is 2. The Hall–Kier alpha value is -2.13. The lowest BCUT2D eigenvalue weighted by Crippen LogP contribution is -2.44. The van der Waals surface area contributed by atoms with Gasteiger partial charge in [-0.05, 0) is 23.1 Å². The lowest BCUT2D eigenvalue weighted by atomic mass is 9.81. The summed E-state index contributed by atoms with van der Waals surface area (Å²) in [6.07, 6.45) is 2.62. The molecule has 2 aliphatic carbocycles. The van der Waals surface area contributed by atoms with Crippen LogP contribution in [0.15, 0.2) is 53.7 Å². The van der Waals surface area contributed by atoms with E-state index in [0.717, 1.165) is 30.5 Å². The van der Waals surface area contributed by atoms with Crippen molar-refractivity contribution in [1.82, 2.24) is 0 Å². The molecule has 4 rings (SSSR count). The molecular weight excluding hydrogens is 274 g/mol. The minimum absolute atomic E-state index is 0.0901. The first-order valence-corrected chi connectivity index (χ1v) is 7.69. The van der Waals surface area contributed by atoms with E-state index in [1.165, 1.54) is 16.7 Å². The first-order chi connectivity index (χ1) is 10.8. The van der Waals surface area contributed by atoms with Crippen molar-refractivity contribution in [2.45, 2.75) is 24.9 Å². The summed E-state index contributed by atoms with van der Waals surface area (Å²) in [5, 5.41) is 13.3. The number of benzene rings is 2. The van der Waals surface area contributed by atoms with Crippen LogP contribution in [0.1, 0.15) is 22.3 Å². The van der Waals surface area contributed by atoms with Gasteiger partial charge in [-0.2, -0.15) is 0 Å². The van der Waals surface area contributed by atoms with Gasteiger partial charge in [0.25, 0.3) is 0 Å². The van der Waals surface area contributed by atoms with Crippen LogP contribution >= 0.6 is 0 Å². The molecule has 112 valence electrons. The van der Waals surface area contributed by atoms with Crippen molar-refractivity contribution in [2.24, 2.45) is 11.1 Å². The van der Waals surface area contributed by atoms with Gasteiger partial charge in [0.2, 0.25) is 0 Å². The second-order valence-electron chi connectivity index (χ2n) is 6.29. The van der Waals surface area contributed by atoms with Crippen LogP contribution in [0.4, 0.5) is 0 Å². The average molecular weight is 293 g/mol. The fraction of sp³-hybridized carbons (Fsp3) is 0.316. The molecule has 0 heterocycles. The molecule has 3 heteroatoms. The van der Waals surface area contributed by atoms with E-state index in [4.69, 9.17) is 4.74 Å². The molecule has 0 saturated heterocycles. The van der Waals surface area contributed by atoms with E-state index in [2.05, 4.69) is 35.5 Å². The van der Waals surface area contributed by atoms with Gasteiger partial charge in [-0.25, -0.2) is 0 Å². The van der Waals surface area contributed by atoms with Crippen LogP contribution < -0.4 is 0 Å². The third kappa shape index (κ3) is 1.82. The largest absolute Gasteiger partial charge is 0.411 e. The molecule has 1 N–H and O–H groups in total. The summed E-state index contributed by atoms with van der Waals surface area (Å²) < 4.78 is 6.04. The molecule has 2 aromatic rings. The van der Waals surface area contributed by atoms with Crippen molar-refractivity contribution in [3.05, 3.63) is 70.8 Å². The zero-order valence-corrected chi connectivity index (χ0v) is 12.6. The molecule has 1 atom stereocenters. The summed E-state index contributed by atoms with van der Waals surface area (Å²) in [5.41, 5.74) is 5.44. The van der Waals surface area contributed by atoms with Gasteiger partial charge in [0.05, 0.1) is 11.3 Å². The van der Waals surface area contributed by atoms with E-state index in [1.54, 1.807) is 7.11 Å². The van der Waals surface area contributed by atoms with E-state index in [9.17, 15) is 5.21 Å². The Morgan fingerprint density at radius 2 is 1.59 bits per heavy atom. The van der Waals surface area contributed by atoms with Gasteiger partial charge in [0, 0.05) is 31.4 Å². The molecule has 22 heavy (non-hydrogen) atoms. The molecule has 2 aliphatic rings. The summed E-state index contributed by atoms with van der Waals surface area (Å²) in [5.74, 6) is 0.0901. The standard InChI is InChI=1S/C19H19NO2/c1-22-19(11-14-7-2-3-8-15(14)12-19)17-10-13-6-4-5-9-16(13)18(17)20-21/h2-9,17,21H,10-12H2,1H3/b20-18+. The van der Waals surface area contributed by atoms with Crippen LogP contribution in [0.5, 0.6) is 0 Å². The van der Waals surface area contributed by atoms with Crippen molar-refractivity contribution in [3.8, 4) is 0 Å². The molecule has 3 nitrogen and oxygen atoms in total. The highest BCUT2D eigenvalue weighted by atomic mass is 16.5. The SMILES string of the molecule is COC1(C2Cc3ccccc3/C2=N\O)Cc2ccccc2C1. The maximum absolute atomic E-state index is 9.60. The van der Waals surface area contributed by atoms with Crippen LogP contribution in [-0.4, -0.2) is 23.6 Å². The van der Waals surface area contributed by atoms with Crippen molar-refractivity contribution < 1.29 is 9.94 Å². The van der Waals surface area contributed by atoms with Gasteiger partial charge in [-0.1, -0.05) is 53.7 Å². The van der Waals surface area contributed by atoms with Gasteiger partial charge in [0.15, 0.2) is 0 Å². The van der Waals surface area contributed by atoms with Crippen molar-refractivity contribution >= 4 is 5.71 Å². The number of hydrogen-bond donors (Lipinski definition) is 1. The predicted octanol–water partition coefficient (Wildman–Crippen LogP) is 3.22. The van der Waals surface area contributed by atoms with Crippen molar-refractivity contribution in [1.29, 1.82) is 0 Å². The molecule has 0 aliphatic heterocycles. The zero-order valence-electron chi connectivity index (χ0n) is 12.6. The second kappa shape index (κ2) is 4.96. The zero-order chi connectivity index (χ0) is 15.2. The van der Waals surface area contributed by atoms with Crippen LogP contribution in [0.25, 0.3) is 0 Å². The molecule has 1 unspecified atom stereocenters. The Morgan fingerprint density at radius 1 is 1.00 bits per heavy atom. The fourth-order valence-corrected chi connectivity index (χ4v) is 4.15. The van der Waals surface area contributed by atoms with Gasteiger partial charge >= 0.3 is 0 Å². The Balaban J connectivity index is 1.76. The Morgan fingerprint density at radius 3 is 2.18 bits per heavy atom. The second-order valence-corrected chi connectivity index (χ2v) is 6.29. The van der Waals surface area contributed by atoms with Crippen molar-refractivity contribution in [2.75, 3.05) is 7.11 Å². The summed E-state index contributed by atoms with van der Waals surface area (Å²) in [6.45, 7) is 0. The van der Waals surface area contributed by atoms with E-state index in [-0.39, 0.29) is 11.5 Å². The molecule has 0 radical (unpaired) electrons. The molecule has 0 bridgehead atoms. The topological polar surface area (TPSA) is 41.8 Å². The predicted molar refractivity (Wildman–Crippen MR) is 85.5 cm³/mol. The highest BCUT2D eigenvalue weighted by Crippen LogP contribution is 2.44. The minimum Gasteiger partial charge on any atom is -0.411 e. The Kier molecular flexibility index (Phi) is 3.05. The lowest BCUT2D eigenvalue weighted by Gasteiger charge is -2.34. The quantitative estimate of drug-likeness (QED) is 0.682. The summed E-state index contributed by atoms with van der Waals surface area (Å²) in [7, 11) is 1.78. The van der Waals surface area contributed by atoms with Crippen molar-refractivity contribution in [3.63, 3.8) is 0 Å². The molecule has 0 spiro atoms. The molecule has 0 aromatic heterocycles. The van der Waals surface area contributed by atoms with Gasteiger partial charge in [-0.3, -0.25) is 0 Å². The van der Waals surface area contributed by atoms with E-state index in [1.807, 2.05) is 18.2 Å². The smallest absolute Gasteiger partial charge is 0.0933 e. The van der Waals surface area contributed by atoms with E-state index >= 15 is 0 Å². The van der Waals surface area contributed by atoms with Crippen LogP contribution in [-0.2, 0) is 24.0 Å². The maximum atomic E-state index is 9.60. The first-order valence-electron chi connectivity index (χ1n) is 7.69. The Bertz CT molecular complexity index is 726. The lowest BCUT2D eigenvalue weighted by molar-refractivity contribution is -0.0284. The number of ether oxygens (including phenoxy) is 1. The van der Waals surface area contributed by atoms with E-state index < -0.39 is 0 Å². The minimum atomic E-state index is -0.315. The first kappa shape index (κ1) is 13.5. The van der Waals surface area contributed by atoms with Crippen LogP contribution in [0.3, 0.4) is 0 Å².